The van der Waals surface area contributed by atoms with Crippen molar-refractivity contribution in [3.05, 3.63) is 24.3 Å². The zero-order valence-electron chi connectivity index (χ0n) is 11.2. The van der Waals surface area contributed by atoms with E-state index in [1.807, 2.05) is 31.3 Å². The van der Waals surface area contributed by atoms with Gasteiger partial charge in [0.25, 0.3) is 0 Å². The first kappa shape index (κ1) is 12.2. The SMILES string of the molecule is CC1OCCC1N(C)c1nc2ccccc2nc1N. The van der Waals surface area contributed by atoms with Crippen molar-refractivity contribution < 1.29 is 4.74 Å². The van der Waals surface area contributed by atoms with Gasteiger partial charge in [0, 0.05) is 13.7 Å². The molecule has 19 heavy (non-hydrogen) atoms. The lowest BCUT2D eigenvalue weighted by Gasteiger charge is -2.28. The number of aromatic nitrogens is 2. The summed E-state index contributed by atoms with van der Waals surface area (Å²) in [5.41, 5.74) is 7.74. The minimum absolute atomic E-state index is 0.192. The molecule has 2 atom stereocenters. The maximum atomic E-state index is 6.04. The fraction of sp³-hybridized carbons (Fsp3) is 0.429. The monoisotopic (exact) mass is 258 g/mol. The molecule has 3 rings (SSSR count). The van der Waals surface area contributed by atoms with Gasteiger partial charge in [-0.15, -0.1) is 0 Å². The van der Waals surface area contributed by atoms with Crippen molar-refractivity contribution in [3.8, 4) is 0 Å². The Bertz CT molecular complexity index is 601. The van der Waals surface area contributed by atoms with E-state index in [0.717, 1.165) is 29.9 Å². The van der Waals surface area contributed by atoms with Gasteiger partial charge in [0.2, 0.25) is 0 Å². The molecule has 0 amide bonds. The van der Waals surface area contributed by atoms with Crippen LogP contribution in [0.15, 0.2) is 24.3 Å². The number of hydrogen-bond donors (Lipinski definition) is 1. The topological polar surface area (TPSA) is 64.3 Å². The largest absolute Gasteiger partial charge is 0.381 e. The van der Waals surface area contributed by atoms with Crippen molar-refractivity contribution in [2.45, 2.75) is 25.5 Å². The third-order valence-corrected chi connectivity index (χ3v) is 3.75. The number of fused-ring (bicyclic) bond motifs is 1. The van der Waals surface area contributed by atoms with Crippen molar-refractivity contribution in [2.24, 2.45) is 0 Å². The molecule has 5 heteroatoms. The van der Waals surface area contributed by atoms with E-state index in [-0.39, 0.29) is 6.10 Å². The van der Waals surface area contributed by atoms with Crippen molar-refractivity contribution >= 4 is 22.7 Å². The number of para-hydroxylation sites is 2. The van der Waals surface area contributed by atoms with Gasteiger partial charge in [-0.25, -0.2) is 9.97 Å². The molecule has 0 spiro atoms. The molecule has 0 bridgehead atoms. The average molecular weight is 258 g/mol. The van der Waals surface area contributed by atoms with Crippen molar-refractivity contribution in [2.75, 3.05) is 24.3 Å². The number of nitrogens with two attached hydrogens (primary N) is 1. The highest BCUT2D eigenvalue weighted by Gasteiger charge is 2.29. The molecule has 2 unspecified atom stereocenters. The lowest BCUT2D eigenvalue weighted by molar-refractivity contribution is 0.118. The Balaban J connectivity index is 2.01. The predicted molar refractivity (Wildman–Crippen MR) is 76.2 cm³/mol. The highest BCUT2D eigenvalue weighted by Crippen LogP contribution is 2.27. The maximum Gasteiger partial charge on any atom is 0.172 e. The van der Waals surface area contributed by atoms with Crippen LogP contribution in [-0.4, -0.2) is 35.8 Å². The Labute approximate surface area is 112 Å². The maximum absolute atomic E-state index is 6.04. The van der Waals surface area contributed by atoms with Gasteiger partial charge < -0.3 is 15.4 Å². The van der Waals surface area contributed by atoms with Crippen LogP contribution in [0, 0.1) is 0 Å². The third kappa shape index (κ3) is 2.10. The van der Waals surface area contributed by atoms with Crippen LogP contribution in [0.1, 0.15) is 13.3 Å². The molecule has 0 aliphatic carbocycles. The Morgan fingerprint density at radius 3 is 2.58 bits per heavy atom. The van der Waals surface area contributed by atoms with E-state index in [9.17, 15) is 0 Å². The van der Waals surface area contributed by atoms with E-state index in [2.05, 4.69) is 21.8 Å². The van der Waals surface area contributed by atoms with Crippen molar-refractivity contribution in [3.63, 3.8) is 0 Å². The lowest BCUT2D eigenvalue weighted by Crippen LogP contribution is -2.37. The number of ether oxygens (including phenoxy) is 1. The van der Waals surface area contributed by atoms with E-state index in [1.165, 1.54) is 0 Å². The van der Waals surface area contributed by atoms with Gasteiger partial charge >= 0.3 is 0 Å². The summed E-state index contributed by atoms with van der Waals surface area (Å²) >= 11 is 0. The molecule has 0 radical (unpaired) electrons. The minimum atomic E-state index is 0.192. The molecule has 1 aliphatic rings. The molecule has 1 fully saturated rings. The summed E-state index contributed by atoms with van der Waals surface area (Å²) in [5.74, 6) is 1.21. The third-order valence-electron chi connectivity index (χ3n) is 3.75. The van der Waals surface area contributed by atoms with Crippen LogP contribution in [0.25, 0.3) is 11.0 Å². The molecule has 0 saturated carbocycles. The molecule has 1 aliphatic heterocycles. The summed E-state index contributed by atoms with van der Waals surface area (Å²) in [5, 5.41) is 0. The second-order valence-electron chi connectivity index (χ2n) is 4.96. The molecular formula is C14H18N4O. The van der Waals surface area contributed by atoms with Crippen LogP contribution in [0.2, 0.25) is 0 Å². The van der Waals surface area contributed by atoms with E-state index in [0.29, 0.717) is 11.9 Å². The molecular weight excluding hydrogens is 240 g/mol. The zero-order valence-corrected chi connectivity index (χ0v) is 11.2. The van der Waals surface area contributed by atoms with Gasteiger partial charge in [0.1, 0.15) is 0 Å². The Kier molecular flexibility index (Phi) is 2.98. The average Bonchev–Trinajstić information content (AvgIpc) is 2.83. The lowest BCUT2D eigenvalue weighted by atomic mass is 10.1. The van der Waals surface area contributed by atoms with E-state index in [1.54, 1.807) is 0 Å². The zero-order chi connectivity index (χ0) is 13.4. The van der Waals surface area contributed by atoms with Crippen molar-refractivity contribution in [1.29, 1.82) is 0 Å². The molecule has 1 aromatic carbocycles. The number of likely N-dealkylation sites (N-methyl/N-ethyl adjacent to an activating group) is 1. The molecule has 5 nitrogen and oxygen atoms in total. The summed E-state index contributed by atoms with van der Waals surface area (Å²) < 4.78 is 5.60. The van der Waals surface area contributed by atoms with Crippen LogP contribution < -0.4 is 10.6 Å². The van der Waals surface area contributed by atoms with Gasteiger partial charge in [-0.05, 0) is 25.5 Å². The van der Waals surface area contributed by atoms with Crippen molar-refractivity contribution in [1.82, 2.24) is 9.97 Å². The van der Waals surface area contributed by atoms with Gasteiger partial charge in [0.15, 0.2) is 11.6 Å². The van der Waals surface area contributed by atoms with Crippen LogP contribution in [0.4, 0.5) is 11.6 Å². The number of nitrogen functional groups attached to an aromatic ring is 1. The number of anilines is 2. The molecule has 1 aromatic heterocycles. The summed E-state index contributed by atoms with van der Waals surface area (Å²) in [6, 6.07) is 8.07. The Hall–Kier alpha value is -1.88. The van der Waals surface area contributed by atoms with E-state index < -0.39 is 0 Å². The summed E-state index contributed by atoms with van der Waals surface area (Å²) in [7, 11) is 2.00. The smallest absolute Gasteiger partial charge is 0.172 e. The normalized spacial score (nSPS) is 22.8. The van der Waals surface area contributed by atoms with E-state index in [4.69, 9.17) is 10.5 Å². The highest BCUT2D eigenvalue weighted by molar-refractivity contribution is 5.79. The van der Waals surface area contributed by atoms with Crippen LogP contribution in [-0.2, 0) is 4.74 Å². The molecule has 2 aromatic rings. The van der Waals surface area contributed by atoms with E-state index >= 15 is 0 Å². The quantitative estimate of drug-likeness (QED) is 0.890. The highest BCUT2D eigenvalue weighted by atomic mass is 16.5. The summed E-state index contributed by atoms with van der Waals surface area (Å²) in [6.45, 7) is 2.87. The van der Waals surface area contributed by atoms with Gasteiger partial charge in [-0.2, -0.15) is 0 Å². The number of hydrogen-bond acceptors (Lipinski definition) is 5. The number of rotatable bonds is 2. The fourth-order valence-corrected chi connectivity index (χ4v) is 2.65. The summed E-state index contributed by atoms with van der Waals surface area (Å²) in [4.78, 5) is 11.2. The first-order valence-electron chi connectivity index (χ1n) is 6.53. The first-order chi connectivity index (χ1) is 9.16. The first-order valence-corrected chi connectivity index (χ1v) is 6.53. The fourth-order valence-electron chi connectivity index (χ4n) is 2.65. The van der Waals surface area contributed by atoms with Crippen LogP contribution in [0.5, 0.6) is 0 Å². The molecule has 100 valence electrons. The number of nitrogens with zero attached hydrogens (tertiary/aromatic N) is 3. The van der Waals surface area contributed by atoms with Crippen LogP contribution >= 0.6 is 0 Å². The van der Waals surface area contributed by atoms with Gasteiger partial charge in [-0.1, -0.05) is 12.1 Å². The molecule has 2 heterocycles. The second kappa shape index (κ2) is 4.66. The Morgan fingerprint density at radius 1 is 1.26 bits per heavy atom. The molecule has 1 saturated heterocycles. The van der Waals surface area contributed by atoms with Gasteiger partial charge in [-0.3, -0.25) is 0 Å². The standard InChI is InChI=1S/C14H18N4O/c1-9-12(7-8-19-9)18(2)14-13(15)16-10-5-3-4-6-11(10)17-14/h3-6,9,12H,7-8H2,1-2H3,(H2,15,16). The molecule has 2 N–H and O–H groups in total. The Morgan fingerprint density at radius 2 is 1.95 bits per heavy atom. The summed E-state index contributed by atoms with van der Waals surface area (Å²) in [6.07, 6.45) is 1.18. The minimum Gasteiger partial charge on any atom is -0.381 e. The predicted octanol–water partition coefficient (Wildman–Crippen LogP) is 1.83. The number of benzene rings is 1. The van der Waals surface area contributed by atoms with Gasteiger partial charge in [0.05, 0.1) is 23.2 Å². The van der Waals surface area contributed by atoms with Crippen LogP contribution in [0.3, 0.4) is 0 Å². The second-order valence-corrected chi connectivity index (χ2v) is 4.96.